The Kier molecular flexibility index (Phi) is 6.10. The number of carbonyl (C=O) groups is 1. The SMILES string of the molecule is Cc1c(NC(=O)CN2CCCC2)ccc2c1COC(NCCc1ccccc1)=N2. The van der Waals surface area contributed by atoms with Crippen LogP contribution < -0.4 is 10.6 Å². The highest BCUT2D eigenvalue weighted by Crippen LogP contribution is 2.32. The lowest BCUT2D eigenvalue weighted by Gasteiger charge is -2.21. The van der Waals surface area contributed by atoms with Crippen molar-refractivity contribution < 1.29 is 9.53 Å². The van der Waals surface area contributed by atoms with Gasteiger partial charge >= 0.3 is 0 Å². The zero-order valence-electron chi connectivity index (χ0n) is 16.9. The van der Waals surface area contributed by atoms with Crippen LogP contribution in [-0.2, 0) is 22.6 Å². The maximum Gasteiger partial charge on any atom is 0.290 e. The van der Waals surface area contributed by atoms with Crippen LogP contribution in [0.2, 0.25) is 0 Å². The minimum Gasteiger partial charge on any atom is -0.460 e. The fourth-order valence-electron chi connectivity index (χ4n) is 3.83. The van der Waals surface area contributed by atoms with Gasteiger partial charge in [-0.3, -0.25) is 9.69 Å². The number of anilines is 1. The molecule has 1 saturated heterocycles. The monoisotopic (exact) mass is 392 g/mol. The largest absolute Gasteiger partial charge is 0.460 e. The molecule has 2 aliphatic rings. The molecular weight excluding hydrogens is 364 g/mol. The second-order valence-electron chi connectivity index (χ2n) is 7.64. The maximum atomic E-state index is 12.4. The summed E-state index contributed by atoms with van der Waals surface area (Å²) in [5.74, 6) is 0.0402. The van der Waals surface area contributed by atoms with Gasteiger partial charge in [-0.25, -0.2) is 0 Å². The number of aliphatic imine (C=N–C) groups is 1. The van der Waals surface area contributed by atoms with Crippen molar-refractivity contribution in [3.8, 4) is 0 Å². The summed E-state index contributed by atoms with van der Waals surface area (Å²) < 4.78 is 5.81. The lowest BCUT2D eigenvalue weighted by molar-refractivity contribution is -0.117. The number of rotatable bonds is 6. The molecular formula is C23H28N4O2. The van der Waals surface area contributed by atoms with Crippen LogP contribution in [0.1, 0.15) is 29.5 Å². The summed E-state index contributed by atoms with van der Waals surface area (Å²) in [6.45, 7) is 5.71. The molecule has 2 N–H and O–H groups in total. The fourth-order valence-corrected chi connectivity index (χ4v) is 3.83. The number of hydrogen-bond acceptors (Lipinski definition) is 5. The Morgan fingerprint density at radius 3 is 2.72 bits per heavy atom. The zero-order chi connectivity index (χ0) is 20.1. The maximum absolute atomic E-state index is 12.4. The van der Waals surface area contributed by atoms with Gasteiger partial charge < -0.3 is 15.4 Å². The third-order valence-electron chi connectivity index (χ3n) is 5.52. The number of fused-ring (bicyclic) bond motifs is 1. The van der Waals surface area contributed by atoms with Crippen LogP contribution in [0.3, 0.4) is 0 Å². The van der Waals surface area contributed by atoms with Gasteiger partial charge in [-0.15, -0.1) is 0 Å². The molecule has 4 rings (SSSR count). The van der Waals surface area contributed by atoms with Gasteiger partial charge in [-0.1, -0.05) is 30.3 Å². The first-order chi connectivity index (χ1) is 14.2. The lowest BCUT2D eigenvalue weighted by Crippen LogP contribution is -2.31. The van der Waals surface area contributed by atoms with Crippen LogP contribution in [0, 0.1) is 6.92 Å². The Morgan fingerprint density at radius 2 is 1.93 bits per heavy atom. The summed E-state index contributed by atoms with van der Waals surface area (Å²) in [4.78, 5) is 19.2. The van der Waals surface area contributed by atoms with Crippen LogP contribution in [0.25, 0.3) is 0 Å². The summed E-state index contributed by atoms with van der Waals surface area (Å²) in [5, 5.41) is 6.32. The van der Waals surface area contributed by atoms with Gasteiger partial charge in [-0.2, -0.15) is 4.99 Å². The summed E-state index contributed by atoms with van der Waals surface area (Å²) in [6, 6.07) is 14.8. The van der Waals surface area contributed by atoms with Crippen molar-refractivity contribution >= 4 is 23.3 Å². The molecule has 0 saturated carbocycles. The summed E-state index contributed by atoms with van der Waals surface area (Å²) in [5.41, 5.74) is 5.06. The number of benzene rings is 2. The van der Waals surface area contributed by atoms with Gasteiger partial charge in [0.05, 0.1) is 12.2 Å². The van der Waals surface area contributed by atoms with Gasteiger partial charge in [0.2, 0.25) is 5.91 Å². The molecule has 0 unspecified atom stereocenters. The molecule has 0 bridgehead atoms. The molecule has 6 nitrogen and oxygen atoms in total. The number of amides is 1. The molecule has 0 atom stereocenters. The molecule has 1 amide bonds. The molecule has 29 heavy (non-hydrogen) atoms. The fraction of sp³-hybridized carbons (Fsp3) is 0.391. The zero-order valence-corrected chi connectivity index (χ0v) is 16.9. The highest BCUT2D eigenvalue weighted by molar-refractivity contribution is 5.93. The Hall–Kier alpha value is -2.86. The highest BCUT2D eigenvalue weighted by Gasteiger charge is 2.19. The van der Waals surface area contributed by atoms with E-state index >= 15 is 0 Å². The number of hydrogen-bond donors (Lipinski definition) is 2. The van der Waals surface area contributed by atoms with Gasteiger partial charge in [0.15, 0.2) is 0 Å². The average molecular weight is 393 g/mol. The first-order valence-electron chi connectivity index (χ1n) is 10.3. The minimum atomic E-state index is 0.0402. The van der Waals surface area contributed by atoms with E-state index in [1.807, 2.05) is 37.3 Å². The van der Waals surface area contributed by atoms with Crippen molar-refractivity contribution in [3.63, 3.8) is 0 Å². The summed E-state index contributed by atoms with van der Waals surface area (Å²) in [6.07, 6.45) is 3.28. The van der Waals surface area contributed by atoms with E-state index in [4.69, 9.17) is 4.74 Å². The van der Waals surface area contributed by atoms with Crippen molar-refractivity contribution in [3.05, 3.63) is 59.2 Å². The van der Waals surface area contributed by atoms with Crippen LogP contribution in [0.4, 0.5) is 11.4 Å². The molecule has 0 aliphatic carbocycles. The predicted molar refractivity (Wildman–Crippen MR) is 116 cm³/mol. The molecule has 2 aromatic carbocycles. The van der Waals surface area contributed by atoms with E-state index in [2.05, 4.69) is 32.7 Å². The van der Waals surface area contributed by atoms with Crippen molar-refractivity contribution in [2.45, 2.75) is 32.8 Å². The molecule has 2 heterocycles. The van der Waals surface area contributed by atoms with E-state index in [0.717, 1.165) is 48.6 Å². The Balaban J connectivity index is 1.36. The van der Waals surface area contributed by atoms with Gasteiger partial charge in [0.25, 0.3) is 6.02 Å². The van der Waals surface area contributed by atoms with E-state index in [-0.39, 0.29) is 5.91 Å². The van der Waals surface area contributed by atoms with Crippen molar-refractivity contribution in [2.75, 3.05) is 31.5 Å². The third kappa shape index (κ3) is 4.95. The first kappa shape index (κ1) is 19.5. The van der Waals surface area contributed by atoms with E-state index in [0.29, 0.717) is 19.2 Å². The number of nitrogens with zero attached hydrogens (tertiary/aromatic N) is 2. The van der Waals surface area contributed by atoms with Crippen LogP contribution in [-0.4, -0.2) is 43.0 Å². The molecule has 0 aromatic heterocycles. The first-order valence-corrected chi connectivity index (χ1v) is 10.3. The second-order valence-corrected chi connectivity index (χ2v) is 7.64. The summed E-state index contributed by atoms with van der Waals surface area (Å²) in [7, 11) is 0. The molecule has 2 aliphatic heterocycles. The molecule has 2 aromatic rings. The van der Waals surface area contributed by atoms with E-state index < -0.39 is 0 Å². The van der Waals surface area contributed by atoms with Crippen molar-refractivity contribution in [1.82, 2.24) is 10.2 Å². The Morgan fingerprint density at radius 1 is 1.14 bits per heavy atom. The average Bonchev–Trinajstić information content (AvgIpc) is 3.24. The highest BCUT2D eigenvalue weighted by atomic mass is 16.5. The number of amidine groups is 1. The van der Waals surface area contributed by atoms with Crippen LogP contribution in [0.5, 0.6) is 0 Å². The van der Waals surface area contributed by atoms with Crippen molar-refractivity contribution in [2.24, 2.45) is 4.99 Å². The number of carbonyl (C=O) groups excluding carboxylic acids is 1. The number of ether oxygens (including phenoxy) is 1. The Bertz CT molecular complexity index is 889. The van der Waals surface area contributed by atoms with Crippen LogP contribution in [0.15, 0.2) is 47.5 Å². The third-order valence-corrected chi connectivity index (χ3v) is 5.52. The standard InChI is InChI=1S/C23H28N4O2/c1-17-19-16-29-23(24-12-11-18-7-3-2-4-8-18)26-21(19)10-9-20(17)25-22(28)15-27-13-5-6-14-27/h2-4,7-10H,5-6,11-16H2,1H3,(H,24,26)(H,25,28). The Labute approximate surface area is 172 Å². The van der Waals surface area contributed by atoms with E-state index in [9.17, 15) is 4.79 Å². The summed E-state index contributed by atoms with van der Waals surface area (Å²) >= 11 is 0. The lowest BCUT2D eigenvalue weighted by atomic mass is 10.0. The molecule has 1 fully saturated rings. The molecule has 0 radical (unpaired) electrons. The molecule has 152 valence electrons. The predicted octanol–water partition coefficient (Wildman–Crippen LogP) is 3.38. The van der Waals surface area contributed by atoms with E-state index in [1.54, 1.807) is 0 Å². The van der Waals surface area contributed by atoms with Gasteiger partial charge in [0.1, 0.15) is 6.61 Å². The molecule has 0 spiro atoms. The topological polar surface area (TPSA) is 66.0 Å². The number of nitrogens with one attached hydrogen (secondary N) is 2. The normalized spacial score (nSPS) is 16.0. The minimum absolute atomic E-state index is 0.0402. The van der Waals surface area contributed by atoms with E-state index in [1.165, 1.54) is 18.4 Å². The smallest absolute Gasteiger partial charge is 0.290 e. The van der Waals surface area contributed by atoms with Crippen molar-refractivity contribution in [1.29, 1.82) is 0 Å². The number of likely N-dealkylation sites (tertiary alicyclic amines) is 1. The molecule has 6 heteroatoms. The van der Waals surface area contributed by atoms with Gasteiger partial charge in [-0.05, 0) is 62.5 Å². The van der Waals surface area contributed by atoms with Gasteiger partial charge in [0, 0.05) is 17.8 Å². The quantitative estimate of drug-likeness (QED) is 0.791. The van der Waals surface area contributed by atoms with Crippen LogP contribution >= 0.6 is 0 Å². The second kappa shape index (κ2) is 9.09.